The van der Waals surface area contributed by atoms with Crippen molar-refractivity contribution in [2.45, 2.75) is 231 Å². The highest BCUT2D eigenvalue weighted by Gasteiger charge is 2.53. The molecule has 3 aliphatic heterocycles. The highest BCUT2D eigenvalue weighted by atomic mass is 16.6. The van der Waals surface area contributed by atoms with E-state index in [-0.39, 0.29) is 124 Å². The zero-order valence-corrected chi connectivity index (χ0v) is 72.5. The second kappa shape index (κ2) is 49.5. The molecule has 4 amide bonds. The number of amides is 4. The SMILES string of the molecule is CO[C@H]1C[C@@H]2CC[C@@H](C)[C@@](O)(O2)C(=O)C(=O)N2CCCC[C@H]2C(=O)O[C@H]([C@H](N)C[C@@H]2CC[C@H](n3cc(CCCC(=O)NCCOCCOCCOCCC(=O)NCCOCCOCCC(=O)NCCCCn4nc(-c5cc6cc(O)ccc6[nH]5)c5c(N)ncnc54)nn3)[C@H](OC)C2)CC(=O)[C@H](C)/C=C(\C)[C@@H](O)[C@@H](O)C(=O)[C@H](C)C[C@H](C)/C=C/C=C/C=C/1C. The molecule has 4 aliphatic rings. The average molecular weight is 1720 g/mol. The summed E-state index contributed by atoms with van der Waals surface area (Å²) in [4.78, 5) is 122. The minimum Gasteiger partial charge on any atom is -0.508 e. The number of aromatic hydroxyl groups is 1. The Bertz CT molecular complexity index is 4390. The van der Waals surface area contributed by atoms with Crippen LogP contribution in [0.3, 0.4) is 0 Å². The number of ketones is 3. The number of H-pyrrole nitrogens is 1. The number of ether oxygens (including phenoxy) is 9. The van der Waals surface area contributed by atoms with E-state index >= 15 is 0 Å². The standard InChI is InChI=1S/C88H130N14O21/c1-55-17-10-9-11-18-56(2)72(115-7)51-65-25-22-60(6)88(114,123-65)83(111)86(112)100-33-14-12-20-70(100)87(113)122-73(52-71(104)57(3)46-59(5)81(109)82(110)80(108)58(4)45-55)66(89)47-61-23-27-69(74(48-61)116-8)102-53-63(97-99-102)19-16-21-75(105)92-31-37-120-42-44-121-43-40-118-36-29-77(107)93-32-38-119-41-39-117-35-28-76(106)91-30-13-15-34-101-85-78(84(90)94-54-95-85)79(98-101)68-50-62-49-64(103)24-26-67(62)96-68/h9-11,17-18,24,26,46,49-50,53-55,57-58,60-61,65-66,69-70,72-74,81-82,96,103,109-110,114H,12-16,19-23,25,27-45,47-48,51-52,89H2,1-8H3,(H,91,106)(H,92,105)(H,93,107)(H2,90,94,95)/b11-9+,17-10+,56-18+,59-46+/t55-,57-,58-,60-,61+,65+,66-,69+,70+,72+,73+,74-,81-,82+,88-/m1/s1. The third-order valence-corrected chi connectivity index (χ3v) is 23.5. The summed E-state index contributed by atoms with van der Waals surface area (Å²) in [6, 6.07) is 4.57. The molecule has 0 radical (unpaired) electrons. The average Bonchev–Trinajstić information content (AvgIpc) is 1.73. The molecular formula is C88H130N14O21. The fourth-order valence-corrected chi connectivity index (χ4v) is 16.2. The summed E-state index contributed by atoms with van der Waals surface area (Å²) in [5, 5.41) is 68.3. The number of allylic oxidation sites excluding steroid dienone is 6. The number of aryl methyl sites for hydroxylation is 2. The molecule has 12 N–H and O–H groups in total. The van der Waals surface area contributed by atoms with Crippen LogP contribution in [0, 0.1) is 29.6 Å². The number of aliphatic hydroxyl groups is 3. The number of methoxy groups -OCH3 is 2. The Morgan fingerprint density at radius 1 is 0.740 bits per heavy atom. The summed E-state index contributed by atoms with van der Waals surface area (Å²) < 4.78 is 55.9. The van der Waals surface area contributed by atoms with E-state index in [1.54, 1.807) is 62.6 Å². The number of anilines is 1. The molecule has 2 bridgehead atoms. The molecule has 15 atom stereocenters. The Labute approximate surface area is 718 Å². The highest BCUT2D eigenvalue weighted by molar-refractivity contribution is 6.39. The number of carbonyl (C=O) groups excluding carboxylic acids is 8. The minimum atomic E-state index is -2.51. The molecule has 1 aromatic carbocycles. The molecule has 0 spiro atoms. The highest BCUT2D eigenvalue weighted by Crippen LogP contribution is 2.40. The molecule has 1 aliphatic carbocycles. The van der Waals surface area contributed by atoms with Crippen LogP contribution in [0.1, 0.15) is 169 Å². The Balaban J connectivity index is 0.621. The molecular weight excluding hydrogens is 1590 g/mol. The van der Waals surface area contributed by atoms with E-state index in [1.165, 1.54) is 19.3 Å². The lowest BCUT2D eigenvalue weighted by molar-refractivity contribution is -0.265. The number of carbonyl (C=O) groups is 8. The van der Waals surface area contributed by atoms with Crippen molar-refractivity contribution < 1.29 is 101 Å². The molecule has 4 aromatic heterocycles. The lowest BCUT2D eigenvalue weighted by atomic mass is 9.79. The number of nitrogens with two attached hydrogens (primary N) is 2. The largest absolute Gasteiger partial charge is 0.508 e. The molecule has 35 nitrogen and oxygen atoms in total. The Morgan fingerprint density at radius 3 is 2.12 bits per heavy atom. The Kier molecular flexibility index (Phi) is 39.4. The van der Waals surface area contributed by atoms with Crippen molar-refractivity contribution in [3.8, 4) is 17.1 Å². The number of hydrogen-bond donors (Lipinski definition) is 10. The van der Waals surface area contributed by atoms with Gasteiger partial charge in [-0.25, -0.2) is 24.1 Å². The first-order valence-corrected chi connectivity index (χ1v) is 43.4. The predicted octanol–water partition coefficient (Wildman–Crippen LogP) is 6.28. The van der Waals surface area contributed by atoms with Gasteiger partial charge in [0.2, 0.25) is 23.5 Å². The van der Waals surface area contributed by atoms with E-state index < -0.39 is 95.4 Å². The summed E-state index contributed by atoms with van der Waals surface area (Å²) >= 11 is 0. The number of unbranched alkanes of at least 4 members (excludes halogenated alkanes) is 1. The van der Waals surface area contributed by atoms with Crippen LogP contribution in [0.2, 0.25) is 0 Å². The molecule has 9 rings (SSSR count). The molecule has 1 saturated carbocycles. The van der Waals surface area contributed by atoms with Gasteiger partial charge in [0, 0.05) is 120 Å². The van der Waals surface area contributed by atoms with Crippen molar-refractivity contribution in [1.29, 1.82) is 0 Å². The van der Waals surface area contributed by atoms with Gasteiger partial charge < -0.3 is 100 Å². The van der Waals surface area contributed by atoms with Crippen molar-refractivity contribution in [1.82, 2.24) is 60.6 Å². The fourth-order valence-electron chi connectivity index (χ4n) is 16.2. The van der Waals surface area contributed by atoms with Gasteiger partial charge in [-0.2, -0.15) is 5.10 Å². The summed E-state index contributed by atoms with van der Waals surface area (Å²) in [5.74, 6) is -9.09. The van der Waals surface area contributed by atoms with Crippen LogP contribution in [-0.4, -0.2) is 273 Å². The molecule has 2 saturated heterocycles. The molecule has 0 unspecified atom stereocenters. The van der Waals surface area contributed by atoms with E-state index in [1.807, 2.05) is 56.5 Å². The van der Waals surface area contributed by atoms with Gasteiger partial charge >= 0.3 is 5.97 Å². The van der Waals surface area contributed by atoms with Gasteiger partial charge in [-0.15, -0.1) is 5.10 Å². The van der Waals surface area contributed by atoms with Crippen molar-refractivity contribution >= 4 is 74.7 Å². The monoisotopic (exact) mass is 1720 g/mol. The van der Waals surface area contributed by atoms with E-state index in [0.29, 0.717) is 171 Å². The van der Waals surface area contributed by atoms with Gasteiger partial charge in [-0.3, -0.25) is 33.6 Å². The van der Waals surface area contributed by atoms with Crippen LogP contribution in [0.5, 0.6) is 5.75 Å². The van der Waals surface area contributed by atoms with Crippen molar-refractivity contribution in [3.05, 3.63) is 90.1 Å². The molecule has 35 heteroatoms. The maximum atomic E-state index is 14.7. The first-order valence-electron chi connectivity index (χ1n) is 43.4. The van der Waals surface area contributed by atoms with Gasteiger partial charge in [0.1, 0.15) is 53.7 Å². The number of rotatable bonds is 37. The third kappa shape index (κ3) is 29.2. The number of aromatic amines is 1. The van der Waals surface area contributed by atoms with Crippen molar-refractivity contribution in [3.63, 3.8) is 0 Å². The maximum Gasteiger partial charge on any atom is 0.329 e. The first kappa shape index (κ1) is 97.7. The van der Waals surface area contributed by atoms with Crippen LogP contribution in [0.4, 0.5) is 5.82 Å². The minimum absolute atomic E-state index is 0.00775. The number of Topliss-reactive ketones (excluding diaryl/α,β-unsaturated/α-hetero) is 3. The number of phenolic OH excluding ortho intramolecular Hbond substituents is 1. The molecule has 5 aromatic rings. The normalized spacial score (nSPS) is 26.9. The third-order valence-electron chi connectivity index (χ3n) is 23.5. The smallest absolute Gasteiger partial charge is 0.329 e. The Morgan fingerprint density at radius 2 is 1.42 bits per heavy atom. The first-order chi connectivity index (χ1) is 59.2. The number of nitrogen functional groups attached to an aromatic ring is 1. The number of fused-ring (bicyclic) bond motifs is 5. The number of hydrogen-bond acceptors (Lipinski definition) is 28. The zero-order valence-electron chi connectivity index (χ0n) is 72.5. The molecule has 3 fully saturated rings. The van der Waals surface area contributed by atoms with Crippen LogP contribution in [0.15, 0.2) is 84.4 Å². The van der Waals surface area contributed by atoms with Gasteiger partial charge in [-0.1, -0.05) is 69.4 Å². The van der Waals surface area contributed by atoms with Gasteiger partial charge in [0.25, 0.3) is 11.7 Å². The number of aliphatic hydroxyl groups excluding tert-OH is 2. The quantitative estimate of drug-likeness (QED) is 0.00904. The number of aromatic nitrogens is 8. The maximum absolute atomic E-state index is 14.7. The van der Waals surface area contributed by atoms with E-state index in [4.69, 9.17) is 59.2 Å². The van der Waals surface area contributed by atoms with E-state index in [0.717, 1.165) is 33.5 Å². The number of esters is 1. The van der Waals surface area contributed by atoms with Crippen molar-refractivity contribution in [2.24, 2.45) is 35.3 Å². The molecule has 678 valence electrons. The van der Waals surface area contributed by atoms with Gasteiger partial charge in [-0.05, 0) is 151 Å². The summed E-state index contributed by atoms with van der Waals surface area (Å²) in [6.07, 6.45) is 15.3. The summed E-state index contributed by atoms with van der Waals surface area (Å²) in [7, 11) is 3.16. The molecule has 7 heterocycles. The number of phenols is 1. The van der Waals surface area contributed by atoms with Crippen LogP contribution in [0.25, 0.3) is 33.3 Å². The molecule has 123 heavy (non-hydrogen) atoms. The Hall–Kier alpha value is -9.11. The summed E-state index contributed by atoms with van der Waals surface area (Å²) in [5.41, 5.74) is 17.9. The van der Waals surface area contributed by atoms with Crippen LogP contribution in [-0.2, 0) is 94.0 Å². The van der Waals surface area contributed by atoms with Crippen LogP contribution >= 0.6 is 0 Å². The fraction of sp³-hybridized carbons (Fsp3) is 0.648. The number of piperidine rings is 1. The number of cyclic esters (lactones) is 1. The number of benzene rings is 1. The lowest BCUT2D eigenvalue weighted by Crippen LogP contribution is -2.61. The van der Waals surface area contributed by atoms with Crippen LogP contribution < -0.4 is 27.4 Å². The van der Waals surface area contributed by atoms with Crippen molar-refractivity contribution in [2.75, 3.05) is 112 Å². The van der Waals surface area contributed by atoms with E-state index in [2.05, 4.69) is 41.2 Å². The lowest BCUT2D eigenvalue weighted by Gasteiger charge is -2.42. The predicted molar refractivity (Wildman–Crippen MR) is 455 cm³/mol. The number of nitrogens with one attached hydrogen (secondary N) is 4. The second-order valence-corrected chi connectivity index (χ2v) is 32.9. The van der Waals surface area contributed by atoms with Gasteiger partial charge in [0.15, 0.2) is 11.4 Å². The van der Waals surface area contributed by atoms with E-state index in [9.17, 15) is 58.8 Å². The zero-order chi connectivity index (χ0) is 88.5. The second-order valence-electron chi connectivity index (χ2n) is 32.9. The van der Waals surface area contributed by atoms with Gasteiger partial charge in [0.05, 0.1) is 107 Å². The topological polar surface area (TPSA) is 482 Å². The number of nitrogens with zero attached hydrogens (tertiary/aromatic N) is 8. The summed E-state index contributed by atoms with van der Waals surface area (Å²) in [6.45, 7) is 14.8.